The summed E-state index contributed by atoms with van der Waals surface area (Å²) in [5.74, 6) is 1.33. The third-order valence-electron chi connectivity index (χ3n) is 5.57. The smallest absolute Gasteiger partial charge is 0.238 e. The molecule has 1 saturated carbocycles. The molecule has 1 aliphatic carbocycles. The largest absolute Gasteiger partial charge is 0.497 e. The number of anilines is 2. The number of methoxy groups -OCH3 is 2. The Morgan fingerprint density at radius 3 is 2.77 bits per heavy atom. The van der Waals surface area contributed by atoms with E-state index in [2.05, 4.69) is 20.5 Å². The van der Waals surface area contributed by atoms with Gasteiger partial charge in [-0.05, 0) is 25.0 Å². The number of hydrogen-bond acceptors (Lipinski definition) is 7. The SMILES string of the molecule is COc1ccc(NC(=O)CN2CCc3nc(NC(=O)C4CCC4)sc3C2)c(OC)c1. The first-order valence-corrected chi connectivity index (χ1v) is 10.9. The minimum atomic E-state index is -0.107. The number of rotatable bonds is 7. The first-order valence-electron chi connectivity index (χ1n) is 10.1. The predicted octanol–water partition coefficient (Wildman–Crippen LogP) is 2.90. The number of thiazole rings is 1. The molecule has 1 aromatic carbocycles. The van der Waals surface area contributed by atoms with E-state index in [-0.39, 0.29) is 24.3 Å². The second kappa shape index (κ2) is 9.01. The molecule has 1 fully saturated rings. The summed E-state index contributed by atoms with van der Waals surface area (Å²) in [5.41, 5.74) is 1.64. The standard InChI is InChI=1S/C21H26N4O4S/c1-28-14-6-7-15(17(10-14)29-2)22-19(26)12-25-9-8-16-18(11-25)30-21(23-16)24-20(27)13-4-3-5-13/h6-7,10,13H,3-5,8-9,11-12H2,1-2H3,(H,22,26)(H,23,24,27). The van der Waals surface area contributed by atoms with Crippen LogP contribution in [0.25, 0.3) is 0 Å². The maximum Gasteiger partial charge on any atom is 0.238 e. The van der Waals surface area contributed by atoms with Gasteiger partial charge in [-0.15, -0.1) is 11.3 Å². The number of fused-ring (bicyclic) bond motifs is 1. The molecular weight excluding hydrogens is 404 g/mol. The average molecular weight is 431 g/mol. The van der Waals surface area contributed by atoms with E-state index in [4.69, 9.17) is 9.47 Å². The van der Waals surface area contributed by atoms with Crippen molar-refractivity contribution in [1.82, 2.24) is 9.88 Å². The highest BCUT2D eigenvalue weighted by Crippen LogP contribution is 2.32. The lowest BCUT2D eigenvalue weighted by Gasteiger charge is -2.25. The molecule has 0 radical (unpaired) electrons. The highest BCUT2D eigenvalue weighted by molar-refractivity contribution is 7.15. The lowest BCUT2D eigenvalue weighted by molar-refractivity contribution is -0.122. The number of ether oxygens (including phenoxy) is 2. The molecule has 4 rings (SSSR count). The van der Waals surface area contributed by atoms with Crippen LogP contribution in [0.5, 0.6) is 11.5 Å². The van der Waals surface area contributed by atoms with E-state index in [1.807, 2.05) is 0 Å². The fourth-order valence-electron chi connectivity index (χ4n) is 3.61. The normalized spacial score (nSPS) is 16.3. The summed E-state index contributed by atoms with van der Waals surface area (Å²) in [6.07, 6.45) is 3.84. The molecule has 0 saturated heterocycles. The zero-order chi connectivity index (χ0) is 21.1. The highest BCUT2D eigenvalue weighted by atomic mass is 32.1. The molecule has 9 heteroatoms. The minimum Gasteiger partial charge on any atom is -0.497 e. The number of benzene rings is 1. The van der Waals surface area contributed by atoms with Gasteiger partial charge in [0.1, 0.15) is 11.5 Å². The average Bonchev–Trinajstić information content (AvgIpc) is 3.08. The number of hydrogen-bond donors (Lipinski definition) is 2. The van der Waals surface area contributed by atoms with E-state index in [9.17, 15) is 9.59 Å². The molecule has 0 bridgehead atoms. The molecule has 2 amide bonds. The zero-order valence-corrected chi connectivity index (χ0v) is 18.0. The summed E-state index contributed by atoms with van der Waals surface area (Å²) in [5, 5.41) is 6.54. The van der Waals surface area contributed by atoms with Crippen LogP contribution in [0.15, 0.2) is 18.2 Å². The second-order valence-electron chi connectivity index (χ2n) is 7.58. The molecule has 2 heterocycles. The Balaban J connectivity index is 1.33. The van der Waals surface area contributed by atoms with Crippen molar-refractivity contribution >= 4 is 34.0 Å². The van der Waals surface area contributed by atoms with Gasteiger partial charge in [0.05, 0.1) is 32.1 Å². The summed E-state index contributed by atoms with van der Waals surface area (Å²) >= 11 is 1.51. The lowest BCUT2D eigenvalue weighted by atomic mass is 9.85. The quantitative estimate of drug-likeness (QED) is 0.702. The van der Waals surface area contributed by atoms with Crippen LogP contribution in [-0.4, -0.2) is 49.0 Å². The van der Waals surface area contributed by atoms with Crippen molar-refractivity contribution in [3.63, 3.8) is 0 Å². The Labute approximate surface area is 179 Å². The number of carbonyl (C=O) groups is 2. The number of nitrogens with one attached hydrogen (secondary N) is 2. The molecular formula is C21H26N4O4S. The Morgan fingerprint density at radius 1 is 1.23 bits per heavy atom. The van der Waals surface area contributed by atoms with Crippen LogP contribution in [-0.2, 0) is 22.6 Å². The predicted molar refractivity (Wildman–Crippen MR) is 115 cm³/mol. The van der Waals surface area contributed by atoms with E-state index in [1.54, 1.807) is 32.4 Å². The highest BCUT2D eigenvalue weighted by Gasteiger charge is 2.27. The molecule has 2 N–H and O–H groups in total. The van der Waals surface area contributed by atoms with E-state index in [0.717, 1.165) is 42.8 Å². The van der Waals surface area contributed by atoms with Crippen LogP contribution in [0.3, 0.4) is 0 Å². The van der Waals surface area contributed by atoms with Gasteiger partial charge >= 0.3 is 0 Å². The third kappa shape index (κ3) is 4.57. The van der Waals surface area contributed by atoms with Gasteiger partial charge in [-0.2, -0.15) is 0 Å². The van der Waals surface area contributed by atoms with Crippen LogP contribution in [0.1, 0.15) is 29.8 Å². The first-order chi connectivity index (χ1) is 14.6. The Hall–Kier alpha value is -2.65. The Morgan fingerprint density at radius 2 is 2.07 bits per heavy atom. The monoisotopic (exact) mass is 430 g/mol. The van der Waals surface area contributed by atoms with Crippen molar-refractivity contribution in [3.8, 4) is 11.5 Å². The van der Waals surface area contributed by atoms with Crippen LogP contribution in [0, 0.1) is 5.92 Å². The van der Waals surface area contributed by atoms with Crippen LogP contribution in [0.4, 0.5) is 10.8 Å². The van der Waals surface area contributed by atoms with E-state index in [0.29, 0.717) is 28.9 Å². The number of carbonyl (C=O) groups excluding carboxylic acids is 2. The Kier molecular flexibility index (Phi) is 6.19. The fraction of sp³-hybridized carbons (Fsp3) is 0.476. The summed E-state index contributed by atoms with van der Waals surface area (Å²) < 4.78 is 10.5. The number of aromatic nitrogens is 1. The van der Waals surface area contributed by atoms with Crippen LogP contribution < -0.4 is 20.1 Å². The van der Waals surface area contributed by atoms with Crippen molar-refractivity contribution in [3.05, 3.63) is 28.8 Å². The molecule has 8 nitrogen and oxygen atoms in total. The number of amides is 2. The molecule has 30 heavy (non-hydrogen) atoms. The van der Waals surface area contributed by atoms with Crippen molar-refractivity contribution in [1.29, 1.82) is 0 Å². The van der Waals surface area contributed by atoms with E-state index >= 15 is 0 Å². The van der Waals surface area contributed by atoms with E-state index < -0.39 is 0 Å². The van der Waals surface area contributed by atoms with Gasteiger partial charge < -0.3 is 20.1 Å². The van der Waals surface area contributed by atoms with Gasteiger partial charge in [-0.1, -0.05) is 6.42 Å². The molecule has 1 aliphatic heterocycles. The van der Waals surface area contributed by atoms with Gasteiger partial charge in [0.25, 0.3) is 0 Å². The van der Waals surface area contributed by atoms with Crippen molar-refractivity contribution < 1.29 is 19.1 Å². The number of nitrogens with zero attached hydrogens (tertiary/aromatic N) is 2. The van der Waals surface area contributed by atoms with Crippen molar-refractivity contribution in [2.24, 2.45) is 5.92 Å². The third-order valence-corrected chi connectivity index (χ3v) is 6.56. The van der Waals surface area contributed by atoms with E-state index in [1.165, 1.54) is 11.3 Å². The van der Waals surface area contributed by atoms with Gasteiger partial charge in [0, 0.05) is 36.4 Å². The molecule has 2 aliphatic rings. The molecule has 0 spiro atoms. The van der Waals surface area contributed by atoms with Crippen molar-refractivity contribution in [2.75, 3.05) is 37.9 Å². The van der Waals surface area contributed by atoms with Crippen molar-refractivity contribution in [2.45, 2.75) is 32.2 Å². The summed E-state index contributed by atoms with van der Waals surface area (Å²) in [6, 6.07) is 5.28. The summed E-state index contributed by atoms with van der Waals surface area (Å²) in [7, 11) is 3.14. The van der Waals surface area contributed by atoms with Gasteiger partial charge in [-0.3, -0.25) is 14.5 Å². The Bertz CT molecular complexity index is 941. The molecule has 0 unspecified atom stereocenters. The zero-order valence-electron chi connectivity index (χ0n) is 17.2. The maximum atomic E-state index is 12.6. The summed E-state index contributed by atoms with van der Waals surface area (Å²) in [4.78, 5) is 32.5. The molecule has 160 valence electrons. The van der Waals surface area contributed by atoms with Gasteiger partial charge in [-0.25, -0.2) is 4.98 Å². The van der Waals surface area contributed by atoms with Crippen LogP contribution in [0.2, 0.25) is 0 Å². The second-order valence-corrected chi connectivity index (χ2v) is 8.66. The fourth-order valence-corrected chi connectivity index (χ4v) is 4.66. The lowest BCUT2D eigenvalue weighted by Crippen LogP contribution is -2.36. The summed E-state index contributed by atoms with van der Waals surface area (Å²) in [6.45, 7) is 1.68. The molecule has 0 atom stereocenters. The first kappa shape index (κ1) is 20.6. The van der Waals surface area contributed by atoms with Crippen LogP contribution >= 0.6 is 11.3 Å². The molecule has 1 aromatic heterocycles. The maximum absolute atomic E-state index is 12.6. The van der Waals surface area contributed by atoms with Gasteiger partial charge in [0.15, 0.2) is 5.13 Å². The minimum absolute atomic E-state index is 0.0806. The van der Waals surface area contributed by atoms with Gasteiger partial charge in [0.2, 0.25) is 11.8 Å². The topological polar surface area (TPSA) is 92.8 Å². The molecule has 2 aromatic rings.